The van der Waals surface area contributed by atoms with Crippen LogP contribution in [-0.2, 0) is 5.41 Å². The molecule has 3 rings (SSSR count). The summed E-state index contributed by atoms with van der Waals surface area (Å²) in [5.41, 5.74) is 0.939. The molecule has 0 radical (unpaired) electrons. The Hall–Kier alpha value is -2.76. The minimum Gasteiger partial charge on any atom is -0.496 e. The summed E-state index contributed by atoms with van der Waals surface area (Å²) in [5.74, 6) is -1.04. The van der Waals surface area contributed by atoms with Gasteiger partial charge in [-0.3, -0.25) is 4.79 Å². The molecule has 0 unspecified atom stereocenters. The lowest BCUT2D eigenvalue weighted by atomic mass is 9.64. The van der Waals surface area contributed by atoms with Crippen LogP contribution in [0.1, 0.15) is 45.9 Å². The number of methoxy groups -OCH3 is 1. The van der Waals surface area contributed by atoms with Crippen molar-refractivity contribution in [3.8, 4) is 5.75 Å². The third kappa shape index (κ3) is 2.87. The van der Waals surface area contributed by atoms with Crippen LogP contribution in [0.4, 0.5) is 0 Å². The molecule has 0 aliphatic heterocycles. The lowest BCUT2D eigenvalue weighted by molar-refractivity contribution is 0.0659. The van der Waals surface area contributed by atoms with Crippen LogP contribution in [0.25, 0.3) is 0 Å². The highest BCUT2D eigenvalue weighted by Gasteiger charge is 2.41. The minimum absolute atomic E-state index is 0.00176. The molecule has 1 amide bonds. The molecule has 2 aromatic rings. The zero-order valence-electron chi connectivity index (χ0n) is 13.4. The van der Waals surface area contributed by atoms with Crippen LogP contribution in [0.5, 0.6) is 5.75 Å². The number of carbonyl (C=O) groups is 2. The number of aromatic carboxylic acids is 1. The van der Waals surface area contributed by atoms with Gasteiger partial charge < -0.3 is 19.6 Å². The first-order valence-electron chi connectivity index (χ1n) is 7.80. The van der Waals surface area contributed by atoms with E-state index in [0.29, 0.717) is 6.54 Å². The number of amides is 1. The number of carboxylic acids is 1. The van der Waals surface area contributed by atoms with E-state index in [-0.39, 0.29) is 16.9 Å². The Bertz CT molecular complexity index is 760. The standard InChI is InChI=1S/C18H19NO5/c1-23-13-6-3-2-5-12(13)18(9-4-10-18)11-19-16(20)14-7-8-15(24-14)17(21)22/h2-3,5-8H,4,9-11H2,1H3,(H,19,20)(H,21,22). The topological polar surface area (TPSA) is 88.8 Å². The molecule has 6 nitrogen and oxygen atoms in total. The zero-order valence-corrected chi connectivity index (χ0v) is 13.4. The number of carbonyl (C=O) groups excluding carboxylic acids is 1. The molecule has 1 aromatic carbocycles. The first-order valence-corrected chi connectivity index (χ1v) is 7.80. The molecule has 0 spiro atoms. The summed E-state index contributed by atoms with van der Waals surface area (Å²) in [7, 11) is 1.64. The van der Waals surface area contributed by atoms with Crippen molar-refractivity contribution in [2.75, 3.05) is 13.7 Å². The highest BCUT2D eigenvalue weighted by atomic mass is 16.5. The fourth-order valence-corrected chi connectivity index (χ4v) is 3.14. The zero-order chi connectivity index (χ0) is 17.2. The van der Waals surface area contributed by atoms with Crippen molar-refractivity contribution in [2.45, 2.75) is 24.7 Å². The maximum atomic E-state index is 12.2. The molecule has 0 bridgehead atoms. The van der Waals surface area contributed by atoms with Gasteiger partial charge in [-0.25, -0.2) is 4.79 Å². The molecule has 1 heterocycles. The van der Waals surface area contributed by atoms with E-state index in [0.717, 1.165) is 30.6 Å². The van der Waals surface area contributed by atoms with Gasteiger partial charge in [0.05, 0.1) is 7.11 Å². The number of nitrogens with one attached hydrogen (secondary N) is 1. The number of hydrogen-bond acceptors (Lipinski definition) is 4. The first-order chi connectivity index (χ1) is 11.6. The Morgan fingerprint density at radius 3 is 2.50 bits per heavy atom. The van der Waals surface area contributed by atoms with Crippen LogP contribution in [0, 0.1) is 0 Å². The highest BCUT2D eigenvalue weighted by Crippen LogP contribution is 2.46. The van der Waals surface area contributed by atoms with Gasteiger partial charge in [0.15, 0.2) is 5.76 Å². The summed E-state index contributed by atoms with van der Waals surface area (Å²) in [5, 5.41) is 11.7. The Morgan fingerprint density at radius 2 is 1.92 bits per heavy atom. The molecule has 126 valence electrons. The summed E-state index contributed by atoms with van der Waals surface area (Å²) in [4.78, 5) is 23.0. The molecule has 0 atom stereocenters. The molecule has 1 saturated carbocycles. The number of carboxylic acid groups (broad SMARTS) is 1. The van der Waals surface area contributed by atoms with Gasteiger partial charge in [-0.15, -0.1) is 0 Å². The maximum absolute atomic E-state index is 12.2. The van der Waals surface area contributed by atoms with Crippen LogP contribution >= 0.6 is 0 Å². The number of ether oxygens (including phenoxy) is 1. The van der Waals surface area contributed by atoms with Crippen molar-refractivity contribution in [1.82, 2.24) is 5.32 Å². The second-order valence-corrected chi connectivity index (χ2v) is 5.99. The van der Waals surface area contributed by atoms with Gasteiger partial charge in [0.1, 0.15) is 5.75 Å². The number of para-hydroxylation sites is 1. The van der Waals surface area contributed by atoms with Crippen molar-refractivity contribution in [3.63, 3.8) is 0 Å². The Labute approximate surface area is 139 Å². The Balaban J connectivity index is 1.74. The summed E-state index contributed by atoms with van der Waals surface area (Å²) in [6.45, 7) is 0.454. The predicted octanol–water partition coefficient (Wildman–Crippen LogP) is 2.84. The quantitative estimate of drug-likeness (QED) is 0.851. The van der Waals surface area contributed by atoms with E-state index >= 15 is 0 Å². The van der Waals surface area contributed by atoms with Gasteiger partial charge in [-0.2, -0.15) is 0 Å². The van der Waals surface area contributed by atoms with E-state index in [4.69, 9.17) is 14.3 Å². The third-order valence-corrected chi connectivity index (χ3v) is 4.62. The molecule has 1 aliphatic carbocycles. The number of furan rings is 1. The van der Waals surface area contributed by atoms with Gasteiger partial charge in [-0.05, 0) is 31.0 Å². The number of rotatable bonds is 6. The molecular weight excluding hydrogens is 310 g/mol. The van der Waals surface area contributed by atoms with Crippen LogP contribution in [-0.4, -0.2) is 30.6 Å². The molecule has 1 fully saturated rings. The lowest BCUT2D eigenvalue weighted by Gasteiger charge is -2.43. The lowest BCUT2D eigenvalue weighted by Crippen LogP contribution is -2.45. The number of hydrogen-bond donors (Lipinski definition) is 2. The summed E-state index contributed by atoms with van der Waals surface area (Å²) >= 11 is 0. The fourth-order valence-electron chi connectivity index (χ4n) is 3.14. The van der Waals surface area contributed by atoms with E-state index in [1.807, 2.05) is 24.3 Å². The average molecular weight is 329 g/mol. The maximum Gasteiger partial charge on any atom is 0.371 e. The van der Waals surface area contributed by atoms with Gasteiger partial charge >= 0.3 is 5.97 Å². The van der Waals surface area contributed by atoms with Gasteiger partial charge in [0.25, 0.3) is 5.91 Å². The van der Waals surface area contributed by atoms with E-state index < -0.39 is 11.9 Å². The van der Waals surface area contributed by atoms with Crippen LogP contribution in [0.2, 0.25) is 0 Å². The monoisotopic (exact) mass is 329 g/mol. The minimum atomic E-state index is -1.20. The van der Waals surface area contributed by atoms with Crippen molar-refractivity contribution >= 4 is 11.9 Å². The molecule has 6 heteroatoms. The van der Waals surface area contributed by atoms with E-state index in [2.05, 4.69) is 5.32 Å². The average Bonchev–Trinajstić information content (AvgIpc) is 3.04. The molecule has 1 aliphatic rings. The highest BCUT2D eigenvalue weighted by molar-refractivity contribution is 5.93. The smallest absolute Gasteiger partial charge is 0.371 e. The van der Waals surface area contributed by atoms with Gasteiger partial charge in [0, 0.05) is 17.5 Å². The summed E-state index contributed by atoms with van der Waals surface area (Å²) < 4.78 is 10.5. The van der Waals surface area contributed by atoms with Crippen molar-refractivity contribution in [2.24, 2.45) is 0 Å². The molecule has 1 aromatic heterocycles. The van der Waals surface area contributed by atoms with Crippen LogP contribution < -0.4 is 10.1 Å². The molecule has 0 saturated heterocycles. The largest absolute Gasteiger partial charge is 0.496 e. The second-order valence-electron chi connectivity index (χ2n) is 5.99. The third-order valence-electron chi connectivity index (χ3n) is 4.62. The molecular formula is C18H19NO5. The molecule has 2 N–H and O–H groups in total. The van der Waals surface area contributed by atoms with Crippen molar-refractivity contribution in [1.29, 1.82) is 0 Å². The molecule has 24 heavy (non-hydrogen) atoms. The Morgan fingerprint density at radius 1 is 1.21 bits per heavy atom. The van der Waals surface area contributed by atoms with E-state index in [1.165, 1.54) is 12.1 Å². The summed E-state index contributed by atoms with van der Waals surface area (Å²) in [6, 6.07) is 10.5. The number of benzene rings is 1. The second kappa shape index (κ2) is 6.39. The summed E-state index contributed by atoms with van der Waals surface area (Å²) in [6.07, 6.45) is 3.02. The van der Waals surface area contributed by atoms with Crippen molar-refractivity contribution in [3.05, 3.63) is 53.5 Å². The fraction of sp³-hybridized carbons (Fsp3) is 0.333. The van der Waals surface area contributed by atoms with E-state index in [9.17, 15) is 9.59 Å². The van der Waals surface area contributed by atoms with E-state index in [1.54, 1.807) is 7.11 Å². The van der Waals surface area contributed by atoms with Gasteiger partial charge in [-0.1, -0.05) is 24.6 Å². The van der Waals surface area contributed by atoms with Gasteiger partial charge in [0.2, 0.25) is 5.76 Å². The van der Waals surface area contributed by atoms with Crippen LogP contribution in [0.15, 0.2) is 40.8 Å². The van der Waals surface area contributed by atoms with Crippen molar-refractivity contribution < 1.29 is 23.8 Å². The predicted molar refractivity (Wildman–Crippen MR) is 86.5 cm³/mol. The van der Waals surface area contributed by atoms with Crippen LogP contribution in [0.3, 0.4) is 0 Å². The Kier molecular flexibility index (Phi) is 4.29. The SMILES string of the molecule is COc1ccccc1C1(CNC(=O)c2ccc(C(=O)O)o2)CCC1. The first kappa shape index (κ1) is 16.1. The normalized spacial score (nSPS) is 15.4.